The maximum Gasteiger partial charge on any atom is 0.313 e. The fraction of sp³-hybridized carbons (Fsp3) is 0.182. The van der Waals surface area contributed by atoms with E-state index in [9.17, 15) is 4.79 Å². The number of carboxylic acid groups (broad SMARTS) is 1. The molecule has 2 heterocycles. The second-order valence-electron chi connectivity index (χ2n) is 6.59. The zero-order valence-corrected chi connectivity index (χ0v) is 17.0. The topological polar surface area (TPSA) is 90.1 Å². The molecule has 0 bridgehead atoms. The third-order valence-corrected chi connectivity index (χ3v) is 5.49. The molecule has 8 heteroatoms. The van der Waals surface area contributed by atoms with Gasteiger partial charge in [0.05, 0.1) is 5.75 Å². The first-order valence-electron chi connectivity index (χ1n) is 9.48. The first kappa shape index (κ1) is 19.9. The van der Waals surface area contributed by atoms with E-state index in [1.54, 1.807) is 6.20 Å². The maximum atomic E-state index is 11.0. The Labute approximate surface area is 177 Å². The summed E-state index contributed by atoms with van der Waals surface area (Å²) in [6, 6.07) is 19.8. The lowest BCUT2D eigenvalue weighted by atomic mass is 10.1. The summed E-state index contributed by atoms with van der Waals surface area (Å²) >= 11 is 1.16. The van der Waals surface area contributed by atoms with Gasteiger partial charge in [-0.05, 0) is 24.1 Å². The molecule has 4 rings (SSSR count). The van der Waals surface area contributed by atoms with Gasteiger partial charge in [0, 0.05) is 18.1 Å². The van der Waals surface area contributed by atoms with Crippen molar-refractivity contribution in [1.82, 2.24) is 19.7 Å². The number of fused-ring (bicyclic) bond motifs is 1. The van der Waals surface area contributed by atoms with Gasteiger partial charge in [-0.2, -0.15) is 0 Å². The Morgan fingerprint density at radius 2 is 1.87 bits per heavy atom. The molecule has 2 aromatic carbocycles. The van der Waals surface area contributed by atoms with Gasteiger partial charge >= 0.3 is 5.97 Å². The summed E-state index contributed by atoms with van der Waals surface area (Å²) in [5.41, 5.74) is 1.97. The molecule has 0 atom stereocenters. The summed E-state index contributed by atoms with van der Waals surface area (Å²) in [6.07, 6.45) is 2.51. The van der Waals surface area contributed by atoms with Crippen LogP contribution in [0.2, 0.25) is 0 Å². The molecule has 2 aromatic heterocycles. The highest BCUT2D eigenvalue weighted by Gasteiger charge is 2.15. The third-order valence-electron chi connectivity index (χ3n) is 4.54. The van der Waals surface area contributed by atoms with Gasteiger partial charge in [-0.15, -0.1) is 10.2 Å². The Morgan fingerprint density at radius 1 is 1.03 bits per heavy atom. The third kappa shape index (κ3) is 4.77. The molecule has 0 spiro atoms. The molecule has 0 saturated heterocycles. The largest absolute Gasteiger partial charge is 0.483 e. The molecule has 0 aliphatic heterocycles. The number of para-hydroxylation sites is 1. The molecule has 1 N–H and O–H groups in total. The van der Waals surface area contributed by atoms with Crippen molar-refractivity contribution in [3.63, 3.8) is 0 Å². The quantitative estimate of drug-likeness (QED) is 0.412. The summed E-state index contributed by atoms with van der Waals surface area (Å²) in [7, 11) is 0. The minimum absolute atomic E-state index is 0.0719. The number of aryl methyl sites for hydroxylation is 1. The molecule has 152 valence electrons. The Balaban J connectivity index is 1.54. The molecular formula is C22H20N4O3S. The van der Waals surface area contributed by atoms with Crippen molar-refractivity contribution in [3.8, 4) is 5.75 Å². The Morgan fingerprint density at radius 3 is 2.70 bits per heavy atom. The van der Waals surface area contributed by atoms with Crippen LogP contribution < -0.4 is 4.74 Å². The first-order chi connectivity index (χ1) is 14.7. The van der Waals surface area contributed by atoms with Gasteiger partial charge in [0.25, 0.3) is 0 Å². The summed E-state index contributed by atoms with van der Waals surface area (Å²) < 4.78 is 7.96. The highest BCUT2D eigenvalue weighted by Crippen LogP contribution is 2.24. The van der Waals surface area contributed by atoms with E-state index >= 15 is 0 Å². The van der Waals surface area contributed by atoms with Crippen molar-refractivity contribution < 1.29 is 14.6 Å². The number of hydrogen-bond acceptors (Lipinski definition) is 6. The zero-order chi connectivity index (χ0) is 20.8. The van der Waals surface area contributed by atoms with E-state index in [2.05, 4.69) is 27.3 Å². The van der Waals surface area contributed by atoms with Gasteiger partial charge < -0.3 is 14.4 Å². The van der Waals surface area contributed by atoms with Gasteiger partial charge in [0.15, 0.2) is 11.0 Å². The lowest BCUT2D eigenvalue weighted by molar-refractivity contribution is -0.133. The minimum Gasteiger partial charge on any atom is -0.483 e. The number of ether oxygens (including phenoxy) is 1. The zero-order valence-electron chi connectivity index (χ0n) is 16.1. The first-order valence-corrected chi connectivity index (χ1v) is 10.5. The number of aromatic nitrogens is 4. The van der Waals surface area contributed by atoms with Crippen LogP contribution in [0.3, 0.4) is 0 Å². The van der Waals surface area contributed by atoms with Crippen LogP contribution in [-0.2, 0) is 24.4 Å². The molecular weight excluding hydrogens is 400 g/mol. The van der Waals surface area contributed by atoms with E-state index in [-0.39, 0.29) is 12.4 Å². The number of nitrogens with zero attached hydrogens (tertiary/aromatic N) is 4. The number of carbonyl (C=O) groups is 1. The average molecular weight is 420 g/mol. The number of hydrogen-bond donors (Lipinski definition) is 1. The number of pyridine rings is 1. The predicted octanol–water partition coefficient (Wildman–Crippen LogP) is 3.82. The van der Waals surface area contributed by atoms with Crippen LogP contribution in [0.5, 0.6) is 5.75 Å². The second-order valence-corrected chi connectivity index (χ2v) is 7.53. The van der Waals surface area contributed by atoms with Gasteiger partial charge in [-0.25, -0.2) is 0 Å². The molecule has 30 heavy (non-hydrogen) atoms. The van der Waals surface area contributed by atoms with Gasteiger partial charge in [0.1, 0.15) is 17.9 Å². The van der Waals surface area contributed by atoms with E-state index < -0.39 is 5.97 Å². The number of benzene rings is 2. The van der Waals surface area contributed by atoms with Crippen molar-refractivity contribution in [3.05, 3.63) is 78.2 Å². The average Bonchev–Trinajstić information content (AvgIpc) is 3.17. The normalized spacial score (nSPS) is 10.9. The van der Waals surface area contributed by atoms with Crippen molar-refractivity contribution in [2.45, 2.75) is 24.7 Å². The van der Waals surface area contributed by atoms with E-state index in [1.807, 2.05) is 53.1 Å². The summed E-state index contributed by atoms with van der Waals surface area (Å²) in [5.74, 6) is 0.354. The van der Waals surface area contributed by atoms with E-state index in [1.165, 1.54) is 5.56 Å². The number of rotatable bonds is 9. The fourth-order valence-electron chi connectivity index (χ4n) is 3.10. The highest BCUT2D eigenvalue weighted by atomic mass is 32.2. The van der Waals surface area contributed by atoms with Gasteiger partial charge in [-0.3, -0.25) is 9.78 Å². The SMILES string of the molecule is O=C(O)CSc1nnc(COc2cccc3cccnc23)n1CCc1ccccc1. The molecule has 0 radical (unpaired) electrons. The minimum atomic E-state index is -0.891. The van der Waals surface area contributed by atoms with Crippen molar-refractivity contribution in [1.29, 1.82) is 0 Å². The van der Waals surface area contributed by atoms with Crippen LogP contribution in [-0.4, -0.2) is 36.6 Å². The van der Waals surface area contributed by atoms with Crippen LogP contribution in [0.4, 0.5) is 0 Å². The Kier molecular flexibility index (Phi) is 6.24. The van der Waals surface area contributed by atoms with Gasteiger partial charge in [-0.1, -0.05) is 60.3 Å². The Bertz CT molecular complexity index is 1140. The standard InChI is InChI=1S/C22H20N4O3S/c27-20(28)15-30-22-25-24-19(26(22)13-11-16-6-2-1-3-7-16)14-29-18-10-4-8-17-9-5-12-23-21(17)18/h1-10,12H,11,13-15H2,(H,27,28). The lowest BCUT2D eigenvalue weighted by Crippen LogP contribution is -2.11. The van der Waals surface area contributed by atoms with Crippen LogP contribution in [0.1, 0.15) is 11.4 Å². The molecule has 4 aromatic rings. The monoisotopic (exact) mass is 420 g/mol. The lowest BCUT2D eigenvalue weighted by Gasteiger charge is -2.12. The maximum absolute atomic E-state index is 11.0. The molecule has 0 amide bonds. The summed E-state index contributed by atoms with van der Waals surface area (Å²) in [4.78, 5) is 15.4. The van der Waals surface area contributed by atoms with E-state index in [4.69, 9.17) is 9.84 Å². The molecule has 0 unspecified atom stereocenters. The van der Waals surface area contributed by atoms with Crippen LogP contribution in [0.25, 0.3) is 10.9 Å². The number of thioether (sulfide) groups is 1. The summed E-state index contributed by atoms with van der Waals surface area (Å²) in [6.45, 7) is 0.844. The van der Waals surface area contributed by atoms with E-state index in [0.717, 1.165) is 29.1 Å². The number of aliphatic carboxylic acids is 1. The molecule has 0 aliphatic carbocycles. The van der Waals surface area contributed by atoms with E-state index in [0.29, 0.717) is 23.3 Å². The van der Waals surface area contributed by atoms with Crippen molar-refractivity contribution >= 4 is 28.6 Å². The second kappa shape index (κ2) is 9.41. The molecule has 0 aliphatic rings. The number of carboxylic acids is 1. The highest BCUT2D eigenvalue weighted by molar-refractivity contribution is 7.99. The molecule has 0 saturated carbocycles. The fourth-order valence-corrected chi connectivity index (χ4v) is 3.81. The molecule has 0 fully saturated rings. The summed E-state index contributed by atoms with van der Waals surface area (Å²) in [5, 5.41) is 19.0. The van der Waals surface area contributed by atoms with Crippen molar-refractivity contribution in [2.75, 3.05) is 5.75 Å². The van der Waals surface area contributed by atoms with Crippen LogP contribution in [0.15, 0.2) is 72.0 Å². The van der Waals surface area contributed by atoms with Crippen LogP contribution in [0, 0.1) is 0 Å². The Hall–Kier alpha value is -3.39. The smallest absolute Gasteiger partial charge is 0.313 e. The predicted molar refractivity (Wildman–Crippen MR) is 115 cm³/mol. The molecule has 7 nitrogen and oxygen atoms in total. The van der Waals surface area contributed by atoms with Gasteiger partial charge in [0.2, 0.25) is 0 Å². The van der Waals surface area contributed by atoms with Crippen LogP contribution >= 0.6 is 11.8 Å². The van der Waals surface area contributed by atoms with Crippen molar-refractivity contribution in [2.24, 2.45) is 0 Å².